The minimum Gasteiger partial charge on any atom is -0.383 e. The number of anilines is 1. The van der Waals surface area contributed by atoms with Crippen molar-refractivity contribution in [1.29, 1.82) is 0 Å². The number of amides is 1. The zero-order chi connectivity index (χ0) is 14.4. The van der Waals surface area contributed by atoms with Gasteiger partial charge in [0, 0.05) is 18.8 Å². The Bertz CT molecular complexity index is 442. The van der Waals surface area contributed by atoms with Crippen LogP contribution in [0.5, 0.6) is 0 Å². The minimum absolute atomic E-state index is 0.0622. The first-order chi connectivity index (χ1) is 9.74. The molecule has 0 bridgehead atoms. The quantitative estimate of drug-likeness (QED) is 0.838. The van der Waals surface area contributed by atoms with Gasteiger partial charge in [0.2, 0.25) is 5.91 Å². The average Bonchev–Trinajstić information content (AvgIpc) is 2.59. The van der Waals surface area contributed by atoms with E-state index in [2.05, 4.69) is 23.6 Å². The van der Waals surface area contributed by atoms with Gasteiger partial charge >= 0.3 is 0 Å². The van der Waals surface area contributed by atoms with E-state index in [1.807, 2.05) is 18.2 Å². The van der Waals surface area contributed by atoms with Gasteiger partial charge < -0.3 is 15.4 Å². The third kappa shape index (κ3) is 3.81. The molecule has 110 valence electrons. The van der Waals surface area contributed by atoms with Gasteiger partial charge in [-0.1, -0.05) is 31.5 Å². The summed E-state index contributed by atoms with van der Waals surface area (Å²) in [6.07, 6.45) is 3.84. The first kappa shape index (κ1) is 15.0. The Balaban J connectivity index is 2.02. The minimum atomic E-state index is -0.144. The van der Waals surface area contributed by atoms with Crippen LogP contribution in [0, 0.1) is 0 Å². The second kappa shape index (κ2) is 7.41. The molecule has 2 atom stereocenters. The summed E-state index contributed by atoms with van der Waals surface area (Å²) in [5, 5.41) is 6.47. The number of carbonyl (C=O) groups is 1. The molecule has 0 saturated carbocycles. The van der Waals surface area contributed by atoms with Crippen LogP contribution < -0.4 is 10.6 Å². The lowest BCUT2D eigenvalue weighted by atomic mass is 10.0. The van der Waals surface area contributed by atoms with Crippen molar-refractivity contribution in [3.8, 4) is 0 Å². The van der Waals surface area contributed by atoms with Crippen LogP contribution in [0.3, 0.4) is 0 Å². The summed E-state index contributed by atoms with van der Waals surface area (Å²) in [6, 6.07) is 8.11. The van der Waals surface area contributed by atoms with Crippen LogP contribution in [-0.2, 0) is 16.0 Å². The molecule has 1 amide bonds. The van der Waals surface area contributed by atoms with Gasteiger partial charge in [-0.2, -0.15) is 0 Å². The van der Waals surface area contributed by atoms with E-state index in [0.717, 1.165) is 31.4 Å². The summed E-state index contributed by atoms with van der Waals surface area (Å²) in [7, 11) is 1.70. The van der Waals surface area contributed by atoms with E-state index in [-0.39, 0.29) is 18.0 Å². The van der Waals surface area contributed by atoms with Gasteiger partial charge in [-0.15, -0.1) is 0 Å². The number of carbonyl (C=O) groups excluding carboxylic acids is 1. The molecule has 2 unspecified atom stereocenters. The molecule has 1 aromatic rings. The SMILES string of the molecule is CCCC(COC)NC1CCc2ccccc2NC1=O. The molecule has 0 aliphatic carbocycles. The molecule has 1 aromatic carbocycles. The molecule has 2 rings (SSSR count). The third-order valence-electron chi connectivity index (χ3n) is 3.74. The Morgan fingerprint density at radius 3 is 3.00 bits per heavy atom. The van der Waals surface area contributed by atoms with Gasteiger partial charge in [0.1, 0.15) is 0 Å². The highest BCUT2D eigenvalue weighted by Crippen LogP contribution is 2.21. The number of ether oxygens (including phenoxy) is 1. The highest BCUT2D eigenvalue weighted by Gasteiger charge is 2.25. The van der Waals surface area contributed by atoms with Gasteiger partial charge in [0.25, 0.3) is 0 Å². The van der Waals surface area contributed by atoms with Crippen LogP contribution in [0.2, 0.25) is 0 Å². The van der Waals surface area contributed by atoms with E-state index in [1.165, 1.54) is 5.56 Å². The fourth-order valence-corrected chi connectivity index (χ4v) is 2.72. The van der Waals surface area contributed by atoms with Gasteiger partial charge in [0.15, 0.2) is 0 Å². The summed E-state index contributed by atoms with van der Waals surface area (Å²) < 4.78 is 5.23. The first-order valence-corrected chi connectivity index (χ1v) is 7.38. The molecule has 1 aliphatic heterocycles. The predicted octanol–water partition coefficient (Wildman–Crippen LogP) is 2.34. The summed E-state index contributed by atoms with van der Waals surface area (Å²) in [6.45, 7) is 2.79. The molecule has 0 saturated heterocycles. The van der Waals surface area contributed by atoms with Crippen molar-refractivity contribution in [2.24, 2.45) is 0 Å². The van der Waals surface area contributed by atoms with E-state index in [0.29, 0.717) is 6.61 Å². The molecule has 0 radical (unpaired) electrons. The van der Waals surface area contributed by atoms with Crippen molar-refractivity contribution < 1.29 is 9.53 Å². The van der Waals surface area contributed by atoms with Crippen LogP contribution in [0.4, 0.5) is 5.69 Å². The zero-order valence-electron chi connectivity index (χ0n) is 12.3. The largest absolute Gasteiger partial charge is 0.383 e. The fraction of sp³-hybridized carbons (Fsp3) is 0.562. The number of nitrogens with one attached hydrogen (secondary N) is 2. The second-order valence-electron chi connectivity index (χ2n) is 5.35. The number of hydrogen-bond donors (Lipinski definition) is 2. The molecule has 4 heteroatoms. The summed E-state index contributed by atoms with van der Waals surface area (Å²) >= 11 is 0. The average molecular weight is 276 g/mol. The van der Waals surface area contributed by atoms with Crippen LogP contribution in [0.1, 0.15) is 31.7 Å². The number of rotatable bonds is 6. The summed E-state index contributed by atoms with van der Waals surface area (Å²) in [5.41, 5.74) is 2.16. The standard InChI is InChI=1S/C16H24N2O2/c1-3-6-13(11-20-2)17-15-10-9-12-7-4-5-8-14(12)18-16(15)19/h4-5,7-8,13,15,17H,3,6,9-11H2,1-2H3,(H,18,19). The molecule has 2 N–H and O–H groups in total. The van der Waals surface area contributed by atoms with Crippen LogP contribution >= 0.6 is 0 Å². The molecule has 0 spiro atoms. The first-order valence-electron chi connectivity index (χ1n) is 7.38. The van der Waals surface area contributed by atoms with Crippen LogP contribution in [0.25, 0.3) is 0 Å². The van der Waals surface area contributed by atoms with Crippen molar-refractivity contribution in [3.05, 3.63) is 29.8 Å². The maximum absolute atomic E-state index is 12.3. The summed E-state index contributed by atoms with van der Waals surface area (Å²) in [4.78, 5) is 12.3. The van der Waals surface area contributed by atoms with Gasteiger partial charge in [-0.25, -0.2) is 0 Å². The topological polar surface area (TPSA) is 50.4 Å². The highest BCUT2D eigenvalue weighted by molar-refractivity contribution is 5.96. The fourth-order valence-electron chi connectivity index (χ4n) is 2.72. The van der Waals surface area contributed by atoms with Crippen molar-refractivity contribution in [2.75, 3.05) is 19.0 Å². The Kier molecular flexibility index (Phi) is 5.56. The highest BCUT2D eigenvalue weighted by atomic mass is 16.5. The molecular weight excluding hydrogens is 252 g/mol. The van der Waals surface area contributed by atoms with E-state index in [4.69, 9.17) is 4.74 Å². The number of methoxy groups -OCH3 is 1. The van der Waals surface area contributed by atoms with Gasteiger partial charge in [-0.05, 0) is 30.9 Å². The molecule has 4 nitrogen and oxygen atoms in total. The van der Waals surface area contributed by atoms with Crippen molar-refractivity contribution >= 4 is 11.6 Å². The van der Waals surface area contributed by atoms with E-state index in [9.17, 15) is 4.79 Å². The number of para-hydroxylation sites is 1. The second-order valence-corrected chi connectivity index (χ2v) is 5.35. The van der Waals surface area contributed by atoms with Crippen LogP contribution in [0.15, 0.2) is 24.3 Å². The molecule has 1 aliphatic rings. The third-order valence-corrected chi connectivity index (χ3v) is 3.74. The molecule has 20 heavy (non-hydrogen) atoms. The summed E-state index contributed by atoms with van der Waals surface area (Å²) in [5.74, 6) is 0.0622. The Labute approximate surface area is 120 Å². The smallest absolute Gasteiger partial charge is 0.241 e. The molecule has 0 aromatic heterocycles. The lowest BCUT2D eigenvalue weighted by molar-refractivity contribution is -0.118. The normalized spacial score (nSPS) is 19.9. The number of aryl methyl sites for hydroxylation is 1. The van der Waals surface area contributed by atoms with Crippen LogP contribution in [-0.4, -0.2) is 31.7 Å². The van der Waals surface area contributed by atoms with E-state index < -0.39 is 0 Å². The Morgan fingerprint density at radius 1 is 1.45 bits per heavy atom. The zero-order valence-corrected chi connectivity index (χ0v) is 12.3. The number of hydrogen-bond acceptors (Lipinski definition) is 3. The Hall–Kier alpha value is -1.39. The van der Waals surface area contributed by atoms with Crippen molar-refractivity contribution in [3.63, 3.8) is 0 Å². The number of benzene rings is 1. The van der Waals surface area contributed by atoms with Gasteiger partial charge in [0.05, 0.1) is 12.6 Å². The van der Waals surface area contributed by atoms with Crippen molar-refractivity contribution in [1.82, 2.24) is 5.32 Å². The molecule has 0 fully saturated rings. The number of fused-ring (bicyclic) bond motifs is 1. The lowest BCUT2D eigenvalue weighted by Crippen LogP contribution is -2.47. The lowest BCUT2D eigenvalue weighted by Gasteiger charge is -2.23. The van der Waals surface area contributed by atoms with E-state index in [1.54, 1.807) is 7.11 Å². The maximum Gasteiger partial charge on any atom is 0.241 e. The Morgan fingerprint density at radius 2 is 2.25 bits per heavy atom. The monoisotopic (exact) mass is 276 g/mol. The predicted molar refractivity (Wildman–Crippen MR) is 80.9 cm³/mol. The van der Waals surface area contributed by atoms with E-state index >= 15 is 0 Å². The maximum atomic E-state index is 12.3. The van der Waals surface area contributed by atoms with Gasteiger partial charge in [-0.3, -0.25) is 4.79 Å². The molecule has 1 heterocycles. The van der Waals surface area contributed by atoms with Crippen molar-refractivity contribution in [2.45, 2.75) is 44.7 Å². The molecular formula is C16H24N2O2.